The van der Waals surface area contributed by atoms with E-state index < -0.39 is 0 Å². The third-order valence-electron chi connectivity index (χ3n) is 4.71. The van der Waals surface area contributed by atoms with Gasteiger partial charge in [0.1, 0.15) is 11.6 Å². The highest BCUT2D eigenvalue weighted by molar-refractivity contribution is 5.91. The van der Waals surface area contributed by atoms with Gasteiger partial charge in [0, 0.05) is 29.7 Å². The third-order valence-corrected chi connectivity index (χ3v) is 4.71. The standard InChI is InChI=1S/C21H22N6O/c1-2-14(22)12-23-20-15-5-3-4-6-18(15)25-21(26-20)16-11-13(7-8-19(16)28)17-9-10-24-27-17/h3-11,14,28H,2,12,22H2,1H3,(H,24,27)(H,23,25,26)/t14-/m0/s1. The number of aromatic amines is 1. The zero-order chi connectivity index (χ0) is 19.5. The molecule has 7 nitrogen and oxygen atoms in total. The van der Waals surface area contributed by atoms with Gasteiger partial charge in [0.2, 0.25) is 0 Å². The Bertz CT molecular complexity index is 1090. The van der Waals surface area contributed by atoms with Crippen LogP contribution in [-0.2, 0) is 0 Å². The number of phenolic OH excluding ortho intramolecular Hbond substituents is 1. The normalized spacial score (nSPS) is 12.2. The lowest BCUT2D eigenvalue weighted by Gasteiger charge is -2.14. The second-order valence-electron chi connectivity index (χ2n) is 6.66. The molecule has 0 radical (unpaired) electrons. The van der Waals surface area contributed by atoms with Crippen LogP contribution in [0.2, 0.25) is 0 Å². The molecule has 0 amide bonds. The number of nitrogens with two attached hydrogens (primary N) is 1. The molecule has 28 heavy (non-hydrogen) atoms. The first-order chi connectivity index (χ1) is 13.7. The summed E-state index contributed by atoms with van der Waals surface area (Å²) in [5, 5.41) is 21.6. The lowest BCUT2D eigenvalue weighted by Crippen LogP contribution is -2.28. The fraction of sp³-hybridized carbons (Fsp3) is 0.190. The van der Waals surface area contributed by atoms with E-state index in [4.69, 9.17) is 10.7 Å². The van der Waals surface area contributed by atoms with E-state index in [9.17, 15) is 5.11 Å². The second kappa shape index (κ2) is 7.66. The van der Waals surface area contributed by atoms with Gasteiger partial charge in [-0.2, -0.15) is 5.10 Å². The average Bonchev–Trinajstić information content (AvgIpc) is 3.26. The van der Waals surface area contributed by atoms with Crippen molar-refractivity contribution in [1.82, 2.24) is 20.2 Å². The summed E-state index contributed by atoms with van der Waals surface area (Å²) in [4.78, 5) is 9.37. The van der Waals surface area contributed by atoms with Crippen LogP contribution in [-0.4, -0.2) is 37.9 Å². The molecule has 0 aliphatic rings. The molecule has 0 saturated carbocycles. The summed E-state index contributed by atoms with van der Waals surface area (Å²) in [5.41, 5.74) is 9.16. The molecule has 142 valence electrons. The van der Waals surface area contributed by atoms with Crippen LogP contribution >= 0.6 is 0 Å². The molecule has 5 N–H and O–H groups in total. The number of rotatable bonds is 6. The number of hydrogen-bond acceptors (Lipinski definition) is 6. The fourth-order valence-corrected chi connectivity index (χ4v) is 3.00. The van der Waals surface area contributed by atoms with Crippen molar-refractivity contribution in [3.63, 3.8) is 0 Å². The monoisotopic (exact) mass is 374 g/mol. The van der Waals surface area contributed by atoms with Gasteiger partial charge in [0.05, 0.1) is 16.8 Å². The highest BCUT2D eigenvalue weighted by Gasteiger charge is 2.14. The number of para-hydroxylation sites is 1. The number of nitrogens with zero attached hydrogens (tertiary/aromatic N) is 3. The number of phenols is 1. The molecule has 0 aliphatic carbocycles. The smallest absolute Gasteiger partial charge is 0.165 e. The average molecular weight is 374 g/mol. The predicted molar refractivity (Wildman–Crippen MR) is 111 cm³/mol. The van der Waals surface area contributed by atoms with Crippen molar-refractivity contribution in [1.29, 1.82) is 0 Å². The number of aromatic hydroxyl groups is 1. The van der Waals surface area contributed by atoms with Crippen molar-refractivity contribution in [2.45, 2.75) is 19.4 Å². The van der Waals surface area contributed by atoms with Crippen LogP contribution in [0, 0.1) is 0 Å². The second-order valence-corrected chi connectivity index (χ2v) is 6.66. The molecule has 0 bridgehead atoms. The van der Waals surface area contributed by atoms with Crippen LogP contribution in [0.1, 0.15) is 13.3 Å². The molecule has 2 aromatic carbocycles. The Morgan fingerprint density at radius 2 is 2.00 bits per heavy atom. The van der Waals surface area contributed by atoms with Gasteiger partial charge in [-0.05, 0) is 42.8 Å². The van der Waals surface area contributed by atoms with Crippen molar-refractivity contribution >= 4 is 16.7 Å². The fourth-order valence-electron chi connectivity index (χ4n) is 3.00. The van der Waals surface area contributed by atoms with Gasteiger partial charge in [-0.3, -0.25) is 5.10 Å². The zero-order valence-electron chi connectivity index (χ0n) is 15.6. The van der Waals surface area contributed by atoms with E-state index in [1.54, 1.807) is 12.3 Å². The first kappa shape index (κ1) is 17.9. The number of hydrogen-bond donors (Lipinski definition) is 4. The molecular weight excluding hydrogens is 352 g/mol. The topological polar surface area (TPSA) is 113 Å². The molecule has 1 atom stereocenters. The van der Waals surface area contributed by atoms with Gasteiger partial charge >= 0.3 is 0 Å². The number of fused-ring (bicyclic) bond motifs is 1. The molecule has 0 spiro atoms. The van der Waals surface area contributed by atoms with Crippen LogP contribution in [0.3, 0.4) is 0 Å². The van der Waals surface area contributed by atoms with Gasteiger partial charge in [-0.25, -0.2) is 9.97 Å². The zero-order valence-corrected chi connectivity index (χ0v) is 15.6. The molecule has 4 rings (SSSR count). The number of anilines is 1. The maximum atomic E-state index is 10.5. The Kier molecular flexibility index (Phi) is 4.90. The van der Waals surface area contributed by atoms with Crippen LogP contribution in [0.5, 0.6) is 5.75 Å². The first-order valence-electron chi connectivity index (χ1n) is 9.25. The quantitative estimate of drug-likeness (QED) is 0.411. The largest absolute Gasteiger partial charge is 0.507 e. The molecule has 2 heterocycles. The van der Waals surface area contributed by atoms with Crippen molar-refractivity contribution in [2.75, 3.05) is 11.9 Å². The van der Waals surface area contributed by atoms with Crippen molar-refractivity contribution < 1.29 is 5.11 Å². The van der Waals surface area contributed by atoms with E-state index in [0.29, 0.717) is 23.8 Å². The Morgan fingerprint density at radius 3 is 2.79 bits per heavy atom. The first-order valence-corrected chi connectivity index (χ1v) is 9.25. The SMILES string of the molecule is CC[C@H](N)CNc1nc(-c2cc(-c3ccn[nH]3)ccc2O)nc2ccccc12. The van der Waals surface area contributed by atoms with Crippen LogP contribution in [0.15, 0.2) is 54.7 Å². The maximum Gasteiger partial charge on any atom is 0.165 e. The Balaban J connectivity index is 1.81. The van der Waals surface area contributed by atoms with Crippen molar-refractivity contribution in [2.24, 2.45) is 5.73 Å². The van der Waals surface area contributed by atoms with E-state index in [1.165, 1.54) is 0 Å². The Morgan fingerprint density at radius 1 is 1.14 bits per heavy atom. The van der Waals surface area contributed by atoms with Gasteiger partial charge in [0.15, 0.2) is 5.82 Å². The summed E-state index contributed by atoms with van der Waals surface area (Å²) in [6.45, 7) is 2.66. The van der Waals surface area contributed by atoms with E-state index in [2.05, 4.69) is 27.4 Å². The number of nitrogens with one attached hydrogen (secondary N) is 2. The van der Waals surface area contributed by atoms with E-state index in [-0.39, 0.29) is 11.8 Å². The predicted octanol–water partition coefficient (Wildman–Crippen LogP) is 3.54. The van der Waals surface area contributed by atoms with Crippen LogP contribution in [0.25, 0.3) is 33.5 Å². The highest BCUT2D eigenvalue weighted by atomic mass is 16.3. The van der Waals surface area contributed by atoms with Crippen molar-refractivity contribution in [3.8, 4) is 28.4 Å². The number of aromatic nitrogens is 4. The van der Waals surface area contributed by atoms with E-state index >= 15 is 0 Å². The highest BCUT2D eigenvalue weighted by Crippen LogP contribution is 2.33. The minimum Gasteiger partial charge on any atom is -0.507 e. The maximum absolute atomic E-state index is 10.5. The van der Waals surface area contributed by atoms with Gasteiger partial charge in [-0.1, -0.05) is 19.1 Å². The Labute approximate surface area is 162 Å². The lowest BCUT2D eigenvalue weighted by molar-refractivity contribution is 0.477. The van der Waals surface area contributed by atoms with Gasteiger partial charge < -0.3 is 16.2 Å². The summed E-state index contributed by atoms with van der Waals surface area (Å²) in [6, 6.07) is 15.0. The summed E-state index contributed by atoms with van der Waals surface area (Å²) in [5.74, 6) is 1.27. The van der Waals surface area contributed by atoms with E-state index in [1.807, 2.05) is 42.5 Å². The van der Waals surface area contributed by atoms with Gasteiger partial charge in [0.25, 0.3) is 0 Å². The molecular formula is C21H22N6O. The summed E-state index contributed by atoms with van der Waals surface area (Å²) >= 11 is 0. The molecule has 0 fully saturated rings. The molecule has 0 unspecified atom stereocenters. The van der Waals surface area contributed by atoms with Crippen LogP contribution in [0.4, 0.5) is 5.82 Å². The minimum absolute atomic E-state index is 0.0364. The molecule has 7 heteroatoms. The molecule has 4 aromatic rings. The minimum atomic E-state index is 0.0364. The molecule has 0 saturated heterocycles. The summed E-state index contributed by atoms with van der Waals surface area (Å²) in [7, 11) is 0. The van der Waals surface area contributed by atoms with E-state index in [0.717, 1.165) is 28.6 Å². The Hall–Kier alpha value is -3.45. The number of benzene rings is 2. The lowest BCUT2D eigenvalue weighted by atomic mass is 10.1. The van der Waals surface area contributed by atoms with Gasteiger partial charge in [-0.15, -0.1) is 0 Å². The summed E-state index contributed by atoms with van der Waals surface area (Å²) in [6.07, 6.45) is 2.56. The van der Waals surface area contributed by atoms with Crippen molar-refractivity contribution in [3.05, 3.63) is 54.7 Å². The number of H-pyrrole nitrogens is 1. The van der Waals surface area contributed by atoms with Crippen LogP contribution < -0.4 is 11.1 Å². The molecule has 0 aliphatic heterocycles. The summed E-state index contributed by atoms with van der Waals surface area (Å²) < 4.78 is 0. The third kappa shape index (κ3) is 3.52. The molecule has 2 aromatic heterocycles.